The molecule has 6 heteroatoms. The van der Waals surface area contributed by atoms with E-state index in [1.165, 1.54) is 0 Å². The van der Waals surface area contributed by atoms with Crippen molar-refractivity contribution in [2.24, 2.45) is 5.92 Å². The highest BCUT2D eigenvalue weighted by atomic mass is 31.0. The maximum atomic E-state index is 5.69. The molecule has 12 heavy (non-hydrogen) atoms. The molecule has 1 fully saturated rings. The predicted octanol–water partition coefficient (Wildman–Crippen LogP) is 0.498. The van der Waals surface area contributed by atoms with Crippen molar-refractivity contribution in [3.63, 3.8) is 0 Å². The third-order valence-electron chi connectivity index (χ3n) is 2.15. The van der Waals surface area contributed by atoms with E-state index in [1.807, 2.05) is 6.92 Å². The van der Waals surface area contributed by atoms with Crippen LogP contribution in [0.5, 0.6) is 0 Å². The summed E-state index contributed by atoms with van der Waals surface area (Å²) in [7, 11) is 10.1. The first kappa shape index (κ1) is 10.9. The van der Waals surface area contributed by atoms with E-state index in [2.05, 4.69) is 18.9 Å². The molecule has 0 N–H and O–H groups in total. The number of rotatable bonds is 3. The number of ether oxygens (including phenoxy) is 1. The van der Waals surface area contributed by atoms with Crippen molar-refractivity contribution in [2.75, 3.05) is 6.61 Å². The molecule has 1 aliphatic heterocycles. The zero-order valence-corrected chi connectivity index (χ0v) is 9.28. The maximum Gasteiger partial charge on any atom is 0.109 e. The lowest BCUT2D eigenvalue weighted by Gasteiger charge is -2.18. The van der Waals surface area contributed by atoms with E-state index in [9.17, 15) is 0 Å². The molecule has 0 aromatic heterocycles. The van der Waals surface area contributed by atoms with Gasteiger partial charge in [0.05, 0.1) is 12.7 Å². The first-order valence-corrected chi connectivity index (χ1v) is 4.73. The van der Waals surface area contributed by atoms with Crippen molar-refractivity contribution in [1.29, 1.82) is 0 Å². The lowest BCUT2D eigenvalue weighted by atomic mass is 9.86. The minimum Gasteiger partial charge on any atom is -0.379 e. The predicted molar refractivity (Wildman–Crippen MR) is 53.8 cm³/mol. The molecule has 68 valence electrons. The summed E-state index contributed by atoms with van der Waals surface area (Å²) in [5.41, 5.74) is 0. The number of hydrogen-bond acceptors (Lipinski definition) is 3. The summed E-state index contributed by atoms with van der Waals surface area (Å²) in [5, 5.41) is 0. The fourth-order valence-electron chi connectivity index (χ4n) is 1.37. The molecule has 0 aromatic rings. The Kier molecular flexibility index (Phi) is 4.43. The Morgan fingerprint density at radius 2 is 2.17 bits per heavy atom. The largest absolute Gasteiger partial charge is 0.379 e. The van der Waals surface area contributed by atoms with Crippen molar-refractivity contribution >= 4 is 26.8 Å². The molecule has 0 aliphatic carbocycles. The summed E-state index contributed by atoms with van der Waals surface area (Å²) in [4.78, 5) is 0. The van der Waals surface area contributed by atoms with Crippen molar-refractivity contribution in [3.05, 3.63) is 0 Å². The average molecular weight is 206 g/mol. The van der Waals surface area contributed by atoms with E-state index in [-0.39, 0.29) is 24.1 Å². The third-order valence-corrected chi connectivity index (χ3v) is 2.66. The van der Waals surface area contributed by atoms with Crippen LogP contribution < -0.4 is 0 Å². The highest BCUT2D eigenvalue weighted by Crippen LogP contribution is 2.29. The highest BCUT2D eigenvalue weighted by Gasteiger charge is 2.39. The second kappa shape index (κ2) is 4.88. The highest BCUT2D eigenvalue weighted by molar-refractivity contribution is 7.10. The Morgan fingerprint density at radius 3 is 2.67 bits per heavy atom. The minimum atomic E-state index is -0.249. The lowest BCUT2D eigenvalue weighted by Crippen LogP contribution is -2.29. The van der Waals surface area contributed by atoms with Crippen molar-refractivity contribution < 1.29 is 13.8 Å². The Morgan fingerprint density at radius 1 is 1.50 bits per heavy atom. The summed E-state index contributed by atoms with van der Waals surface area (Å²) < 4.78 is 15.5. The van der Waals surface area contributed by atoms with Crippen LogP contribution in [0.25, 0.3) is 0 Å². The van der Waals surface area contributed by atoms with E-state index in [0.717, 1.165) is 0 Å². The fourth-order valence-corrected chi connectivity index (χ4v) is 1.98. The first-order chi connectivity index (χ1) is 5.70. The Hall–Kier alpha value is 0.805. The zero-order chi connectivity index (χ0) is 9.14. The minimum absolute atomic E-state index is 0.00514. The van der Waals surface area contributed by atoms with Crippen LogP contribution in [-0.2, 0) is 13.8 Å². The van der Waals surface area contributed by atoms with Gasteiger partial charge in [-0.2, -0.15) is 0 Å². The number of hydrogen-bond donors (Lipinski definition) is 0. The first-order valence-electron chi connectivity index (χ1n) is 3.79. The molecule has 2 radical (unpaired) electrons. The lowest BCUT2D eigenvalue weighted by molar-refractivity contribution is 0.0200. The average Bonchev–Trinajstić information content (AvgIpc) is 2.29. The summed E-state index contributed by atoms with van der Waals surface area (Å²) in [6.07, 6.45) is -0.0597. The van der Waals surface area contributed by atoms with E-state index in [4.69, 9.17) is 21.6 Å². The normalized spacial score (nSPS) is 41.9. The standard InChI is InChI=1S/C6H13BO3P2/c1-3-5(10-12)4(2-8-11)9-6(3)7/h3-6H,2,11-12H2,1H3/t3?,4-,5-,6-/m0/s1. The van der Waals surface area contributed by atoms with Gasteiger partial charge in [-0.3, -0.25) is 0 Å². The molecule has 1 heterocycles. The van der Waals surface area contributed by atoms with Crippen LogP contribution in [-0.4, -0.2) is 32.7 Å². The summed E-state index contributed by atoms with van der Waals surface area (Å²) >= 11 is 0. The molecule has 6 atom stereocenters. The zero-order valence-electron chi connectivity index (χ0n) is 6.97. The molecule has 0 saturated carbocycles. The molecular weight excluding hydrogens is 193 g/mol. The quantitative estimate of drug-likeness (QED) is 0.497. The Bertz CT molecular complexity index is 149. The molecule has 1 rings (SSSR count). The van der Waals surface area contributed by atoms with Gasteiger partial charge in [0.25, 0.3) is 0 Å². The molecule has 3 nitrogen and oxygen atoms in total. The van der Waals surface area contributed by atoms with Crippen LogP contribution in [0.2, 0.25) is 0 Å². The van der Waals surface area contributed by atoms with E-state index in [0.29, 0.717) is 6.61 Å². The monoisotopic (exact) mass is 206 g/mol. The maximum absolute atomic E-state index is 5.69. The molecule has 1 aliphatic rings. The SMILES string of the molecule is [B][C@H]1O[C@@H](COP)[C@@H](OP)C1C. The van der Waals surface area contributed by atoms with Crippen LogP contribution in [0.15, 0.2) is 0 Å². The van der Waals surface area contributed by atoms with E-state index in [1.54, 1.807) is 0 Å². The van der Waals surface area contributed by atoms with Gasteiger partial charge in [-0.25, -0.2) is 0 Å². The van der Waals surface area contributed by atoms with Gasteiger partial charge in [0.1, 0.15) is 14.0 Å². The van der Waals surface area contributed by atoms with E-state index >= 15 is 0 Å². The van der Waals surface area contributed by atoms with Gasteiger partial charge in [0.15, 0.2) is 0 Å². The van der Waals surface area contributed by atoms with Crippen LogP contribution in [0, 0.1) is 5.92 Å². The molecule has 0 spiro atoms. The van der Waals surface area contributed by atoms with Crippen molar-refractivity contribution in [1.82, 2.24) is 0 Å². The second-order valence-corrected chi connectivity index (χ2v) is 3.54. The van der Waals surface area contributed by atoms with Crippen molar-refractivity contribution in [3.8, 4) is 0 Å². The topological polar surface area (TPSA) is 27.7 Å². The smallest absolute Gasteiger partial charge is 0.109 e. The van der Waals surface area contributed by atoms with Gasteiger partial charge in [0, 0.05) is 30.9 Å². The Balaban J connectivity index is 2.52. The molecule has 0 amide bonds. The summed E-state index contributed by atoms with van der Waals surface area (Å²) in [6, 6.07) is -0.249. The molecule has 0 aromatic carbocycles. The Labute approximate surface area is 78.9 Å². The van der Waals surface area contributed by atoms with Crippen LogP contribution in [0.4, 0.5) is 0 Å². The summed E-state index contributed by atoms with van der Waals surface area (Å²) in [5.74, 6) is 0.202. The second-order valence-electron chi connectivity index (χ2n) is 2.93. The van der Waals surface area contributed by atoms with Gasteiger partial charge in [-0.15, -0.1) is 0 Å². The fraction of sp³-hybridized carbons (Fsp3) is 1.00. The van der Waals surface area contributed by atoms with E-state index < -0.39 is 0 Å². The van der Waals surface area contributed by atoms with Gasteiger partial charge in [-0.1, -0.05) is 6.92 Å². The van der Waals surface area contributed by atoms with Gasteiger partial charge in [0.2, 0.25) is 0 Å². The molecule has 3 unspecified atom stereocenters. The molecule has 0 bridgehead atoms. The molecular formula is C6H13BO3P2. The molecule has 1 saturated heterocycles. The van der Waals surface area contributed by atoms with Crippen LogP contribution >= 0.6 is 18.9 Å². The van der Waals surface area contributed by atoms with Crippen molar-refractivity contribution in [2.45, 2.75) is 25.1 Å². The van der Waals surface area contributed by atoms with Crippen LogP contribution in [0.3, 0.4) is 0 Å². The summed E-state index contributed by atoms with van der Waals surface area (Å²) in [6.45, 7) is 2.49. The van der Waals surface area contributed by atoms with Gasteiger partial charge in [-0.05, 0) is 0 Å². The van der Waals surface area contributed by atoms with Gasteiger partial charge >= 0.3 is 0 Å². The third kappa shape index (κ3) is 2.18. The van der Waals surface area contributed by atoms with Gasteiger partial charge < -0.3 is 13.8 Å². The van der Waals surface area contributed by atoms with Crippen LogP contribution in [0.1, 0.15) is 6.92 Å².